The highest BCUT2D eigenvalue weighted by Crippen LogP contribution is 2.47. The number of carbonyl (C=O) groups excluding carboxylic acids is 2. The van der Waals surface area contributed by atoms with Crippen molar-refractivity contribution < 1.29 is 28.9 Å². The molecule has 3 heterocycles. The second kappa shape index (κ2) is 6.35. The fourth-order valence-corrected chi connectivity index (χ4v) is 3.94. The quantitative estimate of drug-likeness (QED) is 0.462. The Hall–Kier alpha value is -1.92. The molecule has 0 aromatic heterocycles. The zero-order chi connectivity index (χ0) is 19.3. The van der Waals surface area contributed by atoms with Crippen LogP contribution in [0.5, 0.6) is 0 Å². The molecular weight excluding hydrogens is 336 g/mol. The van der Waals surface area contributed by atoms with Crippen molar-refractivity contribution in [3.63, 3.8) is 0 Å². The number of esters is 2. The van der Waals surface area contributed by atoms with Gasteiger partial charge in [0.1, 0.15) is 12.2 Å². The Bertz CT molecular complexity index is 720. The minimum Gasteiger partial charge on any atom is -0.458 e. The maximum atomic E-state index is 12.4. The topological polar surface area (TPSA) is 82.1 Å². The van der Waals surface area contributed by atoms with Gasteiger partial charge in [-0.3, -0.25) is 0 Å². The molecule has 2 bridgehead atoms. The lowest BCUT2D eigenvalue weighted by Crippen LogP contribution is -2.40. The van der Waals surface area contributed by atoms with Gasteiger partial charge in [-0.05, 0) is 45.8 Å². The average molecular weight is 362 g/mol. The van der Waals surface area contributed by atoms with Crippen molar-refractivity contribution in [1.29, 1.82) is 0 Å². The van der Waals surface area contributed by atoms with Crippen molar-refractivity contribution in [2.45, 2.75) is 70.6 Å². The molecule has 0 aromatic rings. The summed E-state index contributed by atoms with van der Waals surface area (Å²) in [4.78, 5) is 24.5. The van der Waals surface area contributed by atoms with E-state index >= 15 is 0 Å². The van der Waals surface area contributed by atoms with Crippen LogP contribution < -0.4 is 0 Å². The van der Waals surface area contributed by atoms with Crippen molar-refractivity contribution in [3.8, 4) is 0 Å². The van der Waals surface area contributed by atoms with Gasteiger partial charge in [0, 0.05) is 24.0 Å². The van der Waals surface area contributed by atoms with E-state index in [1.807, 2.05) is 6.92 Å². The molecule has 2 fully saturated rings. The second-order valence-corrected chi connectivity index (χ2v) is 7.73. The molecule has 6 nitrogen and oxygen atoms in total. The lowest BCUT2D eigenvalue weighted by Gasteiger charge is -2.33. The number of hydrogen-bond acceptors (Lipinski definition) is 6. The Labute approximate surface area is 153 Å². The smallest absolute Gasteiger partial charge is 0.334 e. The van der Waals surface area contributed by atoms with Crippen LogP contribution in [0.3, 0.4) is 0 Å². The number of fused-ring (bicyclic) bond motifs is 3. The van der Waals surface area contributed by atoms with Crippen LogP contribution >= 0.6 is 0 Å². The summed E-state index contributed by atoms with van der Waals surface area (Å²) in [6.07, 6.45) is 3.48. The molecule has 0 saturated carbocycles. The van der Waals surface area contributed by atoms with E-state index in [2.05, 4.69) is 6.58 Å². The van der Waals surface area contributed by atoms with E-state index in [1.54, 1.807) is 32.9 Å². The number of rotatable bonds is 2. The average Bonchev–Trinajstić information content (AvgIpc) is 3.03. The van der Waals surface area contributed by atoms with E-state index in [4.69, 9.17) is 14.2 Å². The molecule has 5 atom stereocenters. The number of allylic oxidation sites excluding steroid dienone is 1. The number of hydrogen-bond donors (Lipinski definition) is 1. The van der Waals surface area contributed by atoms with Crippen molar-refractivity contribution in [1.82, 2.24) is 0 Å². The largest absolute Gasteiger partial charge is 0.458 e. The summed E-state index contributed by atoms with van der Waals surface area (Å²) in [5.41, 5.74) is 0.677. The van der Waals surface area contributed by atoms with Crippen LogP contribution in [0.4, 0.5) is 0 Å². The van der Waals surface area contributed by atoms with Crippen LogP contribution in [0.2, 0.25) is 0 Å². The Morgan fingerprint density at radius 2 is 2.15 bits per heavy atom. The molecule has 26 heavy (non-hydrogen) atoms. The first-order chi connectivity index (χ1) is 12.1. The molecule has 0 spiro atoms. The lowest BCUT2D eigenvalue weighted by atomic mass is 9.82. The fourth-order valence-electron chi connectivity index (χ4n) is 3.94. The van der Waals surface area contributed by atoms with E-state index in [-0.39, 0.29) is 5.57 Å². The molecule has 0 aromatic carbocycles. The third-order valence-electron chi connectivity index (χ3n) is 5.75. The molecule has 6 heteroatoms. The van der Waals surface area contributed by atoms with E-state index in [0.717, 1.165) is 0 Å². The van der Waals surface area contributed by atoms with Gasteiger partial charge < -0.3 is 19.3 Å². The monoisotopic (exact) mass is 362 g/mol. The number of aliphatic hydroxyl groups is 1. The second-order valence-electron chi connectivity index (χ2n) is 7.73. The molecule has 0 radical (unpaired) electrons. The minimum absolute atomic E-state index is 0.281. The number of ether oxygens (including phenoxy) is 3. The Balaban J connectivity index is 2.03. The molecule has 0 aliphatic carbocycles. The van der Waals surface area contributed by atoms with Gasteiger partial charge in [-0.1, -0.05) is 12.7 Å². The third kappa shape index (κ3) is 3.12. The van der Waals surface area contributed by atoms with E-state index in [9.17, 15) is 14.7 Å². The first-order valence-corrected chi connectivity index (χ1v) is 8.94. The zero-order valence-corrected chi connectivity index (χ0v) is 15.7. The minimum atomic E-state index is -1.40. The van der Waals surface area contributed by atoms with Gasteiger partial charge in [-0.15, -0.1) is 0 Å². The summed E-state index contributed by atoms with van der Waals surface area (Å²) in [7, 11) is 0. The standard InChI is InChI=1S/C20H26O6/c1-6-11(2)17(21)25-15-10-19(5)7-8-20(23,26-19)12(3)9-14-16(15)13(4)18(22)24-14/h6,9,14-16,23H,4,7-8,10H2,1-3,5H3/b11-6+,12-9-/t14-,15-,16+,19+,20-/m1/s1. The summed E-state index contributed by atoms with van der Waals surface area (Å²) in [6.45, 7) is 10.9. The molecule has 3 rings (SSSR count). The first kappa shape index (κ1) is 18.9. The van der Waals surface area contributed by atoms with Gasteiger partial charge in [0.2, 0.25) is 0 Å². The molecule has 3 aliphatic heterocycles. The predicted octanol–water partition coefficient (Wildman–Crippen LogP) is 2.57. The third-order valence-corrected chi connectivity index (χ3v) is 5.75. The Morgan fingerprint density at radius 3 is 2.81 bits per heavy atom. The Morgan fingerprint density at radius 1 is 1.46 bits per heavy atom. The van der Waals surface area contributed by atoms with Crippen molar-refractivity contribution >= 4 is 11.9 Å². The Kier molecular flexibility index (Phi) is 4.61. The lowest BCUT2D eigenvalue weighted by molar-refractivity contribution is -0.202. The first-order valence-electron chi connectivity index (χ1n) is 8.94. The van der Waals surface area contributed by atoms with E-state index in [1.165, 1.54) is 0 Å². The predicted molar refractivity (Wildman–Crippen MR) is 93.9 cm³/mol. The molecule has 0 unspecified atom stereocenters. The van der Waals surface area contributed by atoms with Crippen LogP contribution in [-0.4, -0.2) is 40.6 Å². The maximum absolute atomic E-state index is 12.4. The number of carbonyl (C=O) groups is 2. The summed E-state index contributed by atoms with van der Waals surface area (Å²) in [5, 5.41) is 10.9. The van der Waals surface area contributed by atoms with Crippen molar-refractivity contribution in [3.05, 3.63) is 35.5 Å². The van der Waals surface area contributed by atoms with Crippen LogP contribution in [0.25, 0.3) is 0 Å². The SMILES string of the molecule is C=C1C(=O)O[C@@H]2/C=C(/C)[C@@]3(O)CC[C@@](C)(C[C@@H](OC(=O)/C(C)=C/C)[C@@H]12)O3. The van der Waals surface area contributed by atoms with Crippen LogP contribution in [0.15, 0.2) is 35.5 Å². The highest BCUT2D eigenvalue weighted by molar-refractivity contribution is 5.92. The van der Waals surface area contributed by atoms with E-state index < -0.39 is 41.5 Å². The molecule has 2 saturated heterocycles. The van der Waals surface area contributed by atoms with Gasteiger partial charge in [-0.2, -0.15) is 0 Å². The van der Waals surface area contributed by atoms with Crippen molar-refractivity contribution in [2.24, 2.45) is 5.92 Å². The summed E-state index contributed by atoms with van der Waals surface area (Å²) in [5.74, 6) is -2.85. The molecular formula is C20H26O6. The van der Waals surface area contributed by atoms with Gasteiger partial charge >= 0.3 is 11.9 Å². The van der Waals surface area contributed by atoms with Crippen molar-refractivity contribution in [2.75, 3.05) is 0 Å². The maximum Gasteiger partial charge on any atom is 0.334 e. The highest BCUT2D eigenvalue weighted by Gasteiger charge is 2.54. The van der Waals surface area contributed by atoms with Gasteiger partial charge in [0.25, 0.3) is 0 Å². The molecule has 0 amide bonds. The highest BCUT2D eigenvalue weighted by atomic mass is 16.6. The summed E-state index contributed by atoms with van der Waals surface area (Å²) < 4.78 is 17.2. The normalized spacial score (nSPS) is 42.1. The molecule has 3 aliphatic rings. The van der Waals surface area contributed by atoms with Crippen LogP contribution in [-0.2, 0) is 23.8 Å². The summed E-state index contributed by atoms with van der Waals surface area (Å²) in [6, 6.07) is 0. The molecule has 1 N–H and O–H groups in total. The van der Waals surface area contributed by atoms with Crippen LogP contribution in [0, 0.1) is 5.92 Å². The molecule has 142 valence electrons. The van der Waals surface area contributed by atoms with Crippen LogP contribution in [0.1, 0.15) is 47.0 Å². The summed E-state index contributed by atoms with van der Waals surface area (Å²) >= 11 is 0. The van der Waals surface area contributed by atoms with Gasteiger partial charge in [-0.25, -0.2) is 9.59 Å². The fraction of sp³-hybridized carbons (Fsp3) is 0.600. The van der Waals surface area contributed by atoms with Gasteiger partial charge in [0.05, 0.1) is 11.5 Å². The zero-order valence-electron chi connectivity index (χ0n) is 15.7. The van der Waals surface area contributed by atoms with Gasteiger partial charge in [0.15, 0.2) is 5.79 Å². The van der Waals surface area contributed by atoms with E-state index in [0.29, 0.717) is 30.4 Å².